The molecular formula is C14H12N4O2. The van der Waals surface area contributed by atoms with Crippen LogP contribution in [0.1, 0.15) is 11.4 Å². The standard InChI is InChI=1S/C14H12N4O2/c15-8-6-12-16-9-7-13(17-12)18-14(19)20-10-11-4-2-1-3-5-11/h1-5,7,9H,6,10H2,(H,16,17,18,19). The summed E-state index contributed by atoms with van der Waals surface area (Å²) in [5.74, 6) is 0.664. The lowest BCUT2D eigenvalue weighted by atomic mass is 10.2. The highest BCUT2D eigenvalue weighted by Crippen LogP contribution is 2.05. The van der Waals surface area contributed by atoms with Crippen molar-refractivity contribution >= 4 is 11.9 Å². The third-order valence-electron chi connectivity index (χ3n) is 2.39. The lowest BCUT2D eigenvalue weighted by Gasteiger charge is -2.06. The van der Waals surface area contributed by atoms with Crippen LogP contribution in [0.3, 0.4) is 0 Å². The van der Waals surface area contributed by atoms with Crippen molar-refractivity contribution in [3.05, 3.63) is 54.0 Å². The lowest BCUT2D eigenvalue weighted by Crippen LogP contribution is -2.15. The molecule has 0 bridgehead atoms. The number of carbonyl (C=O) groups excluding carboxylic acids is 1. The van der Waals surface area contributed by atoms with Gasteiger partial charge < -0.3 is 4.74 Å². The van der Waals surface area contributed by atoms with Crippen molar-refractivity contribution in [3.63, 3.8) is 0 Å². The monoisotopic (exact) mass is 268 g/mol. The summed E-state index contributed by atoms with van der Waals surface area (Å²) in [7, 11) is 0. The molecule has 1 aromatic carbocycles. The predicted molar refractivity (Wildman–Crippen MR) is 71.6 cm³/mol. The van der Waals surface area contributed by atoms with E-state index in [0.717, 1.165) is 5.56 Å². The molecule has 100 valence electrons. The molecule has 2 aromatic rings. The van der Waals surface area contributed by atoms with E-state index in [1.165, 1.54) is 12.3 Å². The first-order valence-corrected chi connectivity index (χ1v) is 5.94. The molecule has 0 aliphatic heterocycles. The first-order valence-electron chi connectivity index (χ1n) is 5.94. The average Bonchev–Trinajstić information content (AvgIpc) is 2.47. The Hall–Kier alpha value is -2.94. The molecule has 0 fully saturated rings. The van der Waals surface area contributed by atoms with Gasteiger partial charge in [0.2, 0.25) is 0 Å². The summed E-state index contributed by atoms with van der Waals surface area (Å²) in [5.41, 5.74) is 0.899. The van der Waals surface area contributed by atoms with Crippen LogP contribution < -0.4 is 5.32 Å². The molecule has 0 saturated heterocycles. The second-order valence-electron chi connectivity index (χ2n) is 3.88. The number of amides is 1. The second-order valence-corrected chi connectivity index (χ2v) is 3.88. The largest absolute Gasteiger partial charge is 0.444 e. The predicted octanol–water partition coefficient (Wildman–Crippen LogP) is 2.29. The highest BCUT2D eigenvalue weighted by atomic mass is 16.5. The van der Waals surface area contributed by atoms with Crippen molar-refractivity contribution in [1.29, 1.82) is 5.26 Å². The van der Waals surface area contributed by atoms with Gasteiger partial charge in [-0.05, 0) is 11.6 Å². The van der Waals surface area contributed by atoms with Gasteiger partial charge in [-0.3, -0.25) is 5.32 Å². The first kappa shape index (κ1) is 13.5. The number of hydrogen-bond donors (Lipinski definition) is 1. The van der Waals surface area contributed by atoms with Crippen molar-refractivity contribution in [1.82, 2.24) is 9.97 Å². The van der Waals surface area contributed by atoms with Gasteiger partial charge in [-0.25, -0.2) is 14.8 Å². The van der Waals surface area contributed by atoms with E-state index in [9.17, 15) is 4.79 Å². The van der Waals surface area contributed by atoms with Crippen LogP contribution in [-0.2, 0) is 17.8 Å². The van der Waals surface area contributed by atoms with Crippen LogP contribution in [0.25, 0.3) is 0 Å². The molecule has 1 heterocycles. The van der Waals surface area contributed by atoms with Crippen molar-refractivity contribution in [2.24, 2.45) is 0 Å². The number of rotatable bonds is 4. The van der Waals surface area contributed by atoms with Crippen molar-refractivity contribution in [2.45, 2.75) is 13.0 Å². The van der Waals surface area contributed by atoms with E-state index in [1.54, 1.807) is 0 Å². The molecule has 20 heavy (non-hydrogen) atoms. The fourth-order valence-corrected chi connectivity index (χ4v) is 1.49. The smallest absolute Gasteiger partial charge is 0.413 e. The van der Waals surface area contributed by atoms with Gasteiger partial charge in [0.05, 0.1) is 12.5 Å². The maximum absolute atomic E-state index is 11.6. The van der Waals surface area contributed by atoms with Crippen LogP contribution in [0, 0.1) is 11.3 Å². The van der Waals surface area contributed by atoms with Crippen LogP contribution in [0.2, 0.25) is 0 Å². The van der Waals surface area contributed by atoms with Gasteiger partial charge in [0.25, 0.3) is 0 Å². The first-order chi connectivity index (χ1) is 9.78. The Morgan fingerprint density at radius 2 is 2.10 bits per heavy atom. The third-order valence-corrected chi connectivity index (χ3v) is 2.39. The average molecular weight is 268 g/mol. The Balaban J connectivity index is 1.88. The number of nitriles is 1. The molecule has 0 aliphatic carbocycles. The van der Waals surface area contributed by atoms with Crippen molar-refractivity contribution in [2.75, 3.05) is 5.32 Å². The van der Waals surface area contributed by atoms with Crippen LogP contribution in [0.5, 0.6) is 0 Å². The quantitative estimate of drug-likeness (QED) is 0.919. The minimum atomic E-state index is -0.601. The Morgan fingerprint density at radius 1 is 1.30 bits per heavy atom. The summed E-state index contributed by atoms with van der Waals surface area (Å²) in [4.78, 5) is 19.5. The second kappa shape index (κ2) is 6.85. The lowest BCUT2D eigenvalue weighted by molar-refractivity contribution is 0.155. The maximum Gasteiger partial charge on any atom is 0.413 e. The summed E-state index contributed by atoms with van der Waals surface area (Å²) in [5, 5.41) is 11.1. The fraction of sp³-hybridized carbons (Fsp3) is 0.143. The highest BCUT2D eigenvalue weighted by molar-refractivity contribution is 5.83. The number of nitrogens with zero attached hydrogens (tertiary/aromatic N) is 3. The number of anilines is 1. The van der Waals surface area contributed by atoms with Gasteiger partial charge in [0.15, 0.2) is 0 Å². The molecule has 0 atom stereocenters. The Labute approximate surface area is 116 Å². The Kier molecular flexibility index (Phi) is 4.62. The van der Waals surface area contributed by atoms with Crippen LogP contribution >= 0.6 is 0 Å². The number of nitrogens with one attached hydrogen (secondary N) is 1. The molecule has 0 aliphatic rings. The normalized spacial score (nSPS) is 9.55. The zero-order valence-corrected chi connectivity index (χ0v) is 10.6. The molecular weight excluding hydrogens is 256 g/mol. The third kappa shape index (κ3) is 4.07. The number of carbonyl (C=O) groups is 1. The van der Waals surface area contributed by atoms with E-state index >= 15 is 0 Å². The van der Waals surface area contributed by atoms with E-state index < -0.39 is 6.09 Å². The Morgan fingerprint density at radius 3 is 2.85 bits per heavy atom. The molecule has 0 unspecified atom stereocenters. The highest BCUT2D eigenvalue weighted by Gasteiger charge is 2.05. The van der Waals surface area contributed by atoms with Gasteiger partial charge >= 0.3 is 6.09 Å². The molecule has 1 N–H and O–H groups in total. The van der Waals surface area contributed by atoms with Gasteiger partial charge in [-0.15, -0.1) is 0 Å². The minimum Gasteiger partial charge on any atom is -0.444 e. The summed E-state index contributed by atoms with van der Waals surface area (Å²) in [6, 6.07) is 12.8. The van der Waals surface area contributed by atoms with E-state index in [2.05, 4.69) is 15.3 Å². The summed E-state index contributed by atoms with van der Waals surface area (Å²) in [6.07, 6.45) is 0.969. The summed E-state index contributed by atoms with van der Waals surface area (Å²) < 4.78 is 5.06. The van der Waals surface area contributed by atoms with Gasteiger partial charge in [-0.2, -0.15) is 5.26 Å². The summed E-state index contributed by atoms with van der Waals surface area (Å²) >= 11 is 0. The maximum atomic E-state index is 11.6. The minimum absolute atomic E-state index is 0.0918. The molecule has 1 amide bonds. The van der Waals surface area contributed by atoms with Crippen molar-refractivity contribution < 1.29 is 9.53 Å². The van der Waals surface area contributed by atoms with E-state index in [4.69, 9.17) is 10.00 Å². The van der Waals surface area contributed by atoms with Crippen molar-refractivity contribution in [3.8, 4) is 6.07 Å². The van der Waals surface area contributed by atoms with Crippen LogP contribution in [-0.4, -0.2) is 16.1 Å². The molecule has 6 heteroatoms. The number of hydrogen-bond acceptors (Lipinski definition) is 5. The zero-order valence-electron chi connectivity index (χ0n) is 10.6. The molecule has 1 aromatic heterocycles. The molecule has 6 nitrogen and oxygen atoms in total. The topological polar surface area (TPSA) is 87.9 Å². The fourth-order valence-electron chi connectivity index (χ4n) is 1.49. The van der Waals surface area contributed by atoms with E-state index in [-0.39, 0.29) is 13.0 Å². The SMILES string of the molecule is N#CCc1nccc(NC(=O)OCc2ccccc2)n1. The van der Waals surface area contributed by atoms with Crippen LogP contribution in [0.4, 0.5) is 10.6 Å². The molecule has 0 spiro atoms. The van der Waals surface area contributed by atoms with Gasteiger partial charge in [0, 0.05) is 6.20 Å². The Bertz CT molecular complexity index is 623. The molecule has 2 rings (SSSR count). The zero-order chi connectivity index (χ0) is 14.2. The van der Waals surface area contributed by atoms with Crippen LogP contribution in [0.15, 0.2) is 42.6 Å². The number of aromatic nitrogens is 2. The van der Waals surface area contributed by atoms with Gasteiger partial charge in [0.1, 0.15) is 18.2 Å². The van der Waals surface area contributed by atoms with Gasteiger partial charge in [-0.1, -0.05) is 30.3 Å². The van der Waals surface area contributed by atoms with E-state index in [0.29, 0.717) is 11.6 Å². The number of ether oxygens (including phenoxy) is 1. The van der Waals surface area contributed by atoms with E-state index in [1.807, 2.05) is 36.4 Å². The summed E-state index contributed by atoms with van der Waals surface area (Å²) in [6.45, 7) is 0.183. The molecule has 0 saturated carbocycles. The molecule has 0 radical (unpaired) electrons. The number of benzene rings is 1.